The molecule has 1 saturated heterocycles. The minimum atomic E-state index is -1.77. The fourth-order valence-electron chi connectivity index (χ4n) is 3.19. The molecule has 1 atom stereocenters. The Balaban J connectivity index is 1.68. The highest BCUT2D eigenvalue weighted by Gasteiger charge is 2.25. The van der Waals surface area contributed by atoms with Crippen LogP contribution in [0.1, 0.15) is 47.8 Å². The summed E-state index contributed by atoms with van der Waals surface area (Å²) >= 11 is 0. The first-order valence-corrected chi connectivity index (χ1v) is 8.65. The second-order valence-corrected chi connectivity index (χ2v) is 6.38. The van der Waals surface area contributed by atoms with Gasteiger partial charge in [0, 0.05) is 21.8 Å². The second-order valence-electron chi connectivity index (χ2n) is 6.38. The molecule has 2 aliphatic heterocycles. The van der Waals surface area contributed by atoms with Gasteiger partial charge in [0.1, 0.15) is 6.26 Å². The molecule has 0 spiro atoms. The van der Waals surface area contributed by atoms with Gasteiger partial charge in [0.2, 0.25) is 0 Å². The highest BCUT2D eigenvalue weighted by Crippen LogP contribution is 2.37. The summed E-state index contributed by atoms with van der Waals surface area (Å²) in [6, 6.07) is 3.61. The zero-order valence-corrected chi connectivity index (χ0v) is 14.4. The normalized spacial score (nSPS) is 23.3. The molecule has 2 heterocycles. The predicted molar refractivity (Wildman–Crippen MR) is 97.4 cm³/mol. The maximum Gasteiger partial charge on any atom is 0.175 e. The minimum absolute atomic E-state index is 0.0122. The Morgan fingerprint density at radius 3 is 2.80 bits per heavy atom. The Labute approximate surface area is 153 Å². The van der Waals surface area contributed by atoms with Gasteiger partial charge in [-0.05, 0) is 50.4 Å². The molecule has 5 nitrogen and oxygen atoms in total. The quantitative estimate of drug-likeness (QED) is 0.759. The van der Waals surface area contributed by atoms with E-state index >= 15 is 0 Å². The van der Waals surface area contributed by atoms with E-state index < -0.39 is 18.4 Å². The van der Waals surface area contributed by atoms with Crippen LogP contribution in [-0.4, -0.2) is 39.4 Å². The molecule has 0 amide bonds. The number of aromatic hydroxyl groups is 1. The fourth-order valence-corrected chi connectivity index (χ4v) is 3.19. The molecule has 3 rings (SSSR count). The van der Waals surface area contributed by atoms with E-state index in [2.05, 4.69) is 4.90 Å². The van der Waals surface area contributed by atoms with Gasteiger partial charge in [0.25, 0.3) is 0 Å². The summed E-state index contributed by atoms with van der Waals surface area (Å²) in [5.74, 6) is -0.943. The van der Waals surface area contributed by atoms with Crippen LogP contribution in [0.3, 0.4) is 0 Å². The van der Waals surface area contributed by atoms with Crippen molar-refractivity contribution in [3.8, 4) is 11.5 Å². The number of hydrogen-bond donors (Lipinski definition) is 3. The summed E-state index contributed by atoms with van der Waals surface area (Å²) < 4.78 is 29.8. The van der Waals surface area contributed by atoms with Crippen molar-refractivity contribution in [1.82, 2.24) is 4.90 Å². The Morgan fingerprint density at radius 1 is 1.32 bits per heavy atom. The Morgan fingerprint density at radius 2 is 2.08 bits per heavy atom. The average molecular weight is 348 g/mol. The van der Waals surface area contributed by atoms with Gasteiger partial charge < -0.3 is 20.1 Å². The lowest BCUT2D eigenvalue weighted by molar-refractivity contribution is 0.0510. The van der Waals surface area contributed by atoms with E-state index in [1.54, 1.807) is 19.1 Å². The number of aliphatic hydroxyl groups is 2. The standard InChI is InChI=1S/C20H27NO4/c1-2-3-18(23)14-8-10-21(11-9-14)12-16-5-4-15-6-7-17(22)13-25-20(15)19(16)24/h4-7,13-14,18,22-24H,2-3,8-12H2,1H3/i3D2,14D. The maximum absolute atomic E-state index is 10.6. The smallest absolute Gasteiger partial charge is 0.175 e. The van der Waals surface area contributed by atoms with E-state index in [0.29, 0.717) is 43.6 Å². The van der Waals surface area contributed by atoms with Crippen LogP contribution >= 0.6 is 0 Å². The number of allylic oxidation sites excluding steroid dienone is 1. The maximum atomic E-state index is 10.6. The van der Waals surface area contributed by atoms with Crippen LogP contribution in [0.2, 0.25) is 0 Å². The third-order valence-corrected chi connectivity index (χ3v) is 4.65. The lowest BCUT2D eigenvalue weighted by Gasteiger charge is -2.34. The van der Waals surface area contributed by atoms with Crippen LogP contribution in [-0.2, 0) is 6.54 Å². The van der Waals surface area contributed by atoms with Crippen molar-refractivity contribution in [2.45, 2.75) is 45.2 Å². The number of fused-ring (bicyclic) bond motifs is 1. The third-order valence-electron chi connectivity index (χ3n) is 4.65. The summed E-state index contributed by atoms with van der Waals surface area (Å²) in [7, 11) is 0. The molecule has 0 radical (unpaired) electrons. The molecular weight excluding hydrogens is 318 g/mol. The lowest BCUT2D eigenvalue weighted by Crippen LogP contribution is -2.37. The first kappa shape index (κ1) is 14.2. The zero-order valence-electron chi connectivity index (χ0n) is 17.4. The first-order valence-electron chi connectivity index (χ1n) is 10.2. The van der Waals surface area contributed by atoms with Crippen molar-refractivity contribution in [3.05, 3.63) is 41.4 Å². The van der Waals surface area contributed by atoms with Gasteiger partial charge in [0.05, 0.1) is 6.10 Å². The number of aliphatic hydroxyl groups excluding tert-OH is 2. The molecule has 1 unspecified atom stereocenters. The predicted octanol–water partition coefficient (Wildman–Crippen LogP) is 3.57. The molecule has 5 heteroatoms. The van der Waals surface area contributed by atoms with Gasteiger partial charge in [-0.25, -0.2) is 0 Å². The topological polar surface area (TPSA) is 73.2 Å². The Bertz CT molecular complexity index is 786. The average Bonchev–Trinajstić information content (AvgIpc) is 2.87. The second kappa shape index (κ2) is 7.93. The summed E-state index contributed by atoms with van der Waals surface area (Å²) in [4.78, 5) is 2.07. The summed E-state index contributed by atoms with van der Waals surface area (Å²) in [6.07, 6.45) is 2.10. The number of rotatable bonds is 5. The highest BCUT2D eigenvalue weighted by molar-refractivity contribution is 5.66. The van der Waals surface area contributed by atoms with Gasteiger partial charge in [-0.15, -0.1) is 0 Å². The number of likely N-dealkylation sites (tertiary alicyclic amines) is 1. The molecule has 1 aromatic carbocycles. The monoisotopic (exact) mass is 348 g/mol. The SMILES string of the molecule is [2H]C([2H])(CC)C(O)C1([2H])CCN(Cc2ccc3c(c2O)OC=C(O)C=C3)CC1. The van der Waals surface area contributed by atoms with Crippen molar-refractivity contribution >= 4 is 6.08 Å². The van der Waals surface area contributed by atoms with E-state index in [1.807, 2.05) is 6.07 Å². The van der Waals surface area contributed by atoms with Crippen molar-refractivity contribution < 1.29 is 24.2 Å². The number of nitrogens with zero attached hydrogens (tertiary/aromatic N) is 1. The largest absolute Gasteiger partial charge is 0.505 e. The van der Waals surface area contributed by atoms with E-state index in [4.69, 9.17) is 8.85 Å². The van der Waals surface area contributed by atoms with Gasteiger partial charge in [-0.3, -0.25) is 4.90 Å². The number of piperidine rings is 1. The molecule has 3 N–H and O–H groups in total. The van der Waals surface area contributed by atoms with Crippen LogP contribution in [0.4, 0.5) is 0 Å². The summed E-state index contributed by atoms with van der Waals surface area (Å²) in [5.41, 5.74) is 1.33. The number of benzene rings is 1. The summed E-state index contributed by atoms with van der Waals surface area (Å²) in [6.45, 7) is 3.18. The zero-order chi connectivity index (χ0) is 20.5. The van der Waals surface area contributed by atoms with E-state index in [0.717, 1.165) is 0 Å². The van der Waals surface area contributed by atoms with Crippen molar-refractivity contribution in [3.63, 3.8) is 0 Å². The van der Waals surface area contributed by atoms with Crippen LogP contribution in [0.5, 0.6) is 11.5 Å². The van der Waals surface area contributed by atoms with Gasteiger partial charge in [-0.1, -0.05) is 25.5 Å². The van der Waals surface area contributed by atoms with Crippen molar-refractivity contribution in [2.75, 3.05) is 13.1 Å². The van der Waals surface area contributed by atoms with Gasteiger partial charge in [0.15, 0.2) is 17.3 Å². The highest BCUT2D eigenvalue weighted by atomic mass is 16.5. The molecule has 2 aliphatic rings. The van der Waals surface area contributed by atoms with E-state index in [1.165, 1.54) is 12.3 Å². The molecule has 1 aromatic rings. The summed E-state index contributed by atoms with van der Waals surface area (Å²) in [5, 5.41) is 30.5. The fraction of sp³-hybridized carbons (Fsp3) is 0.500. The van der Waals surface area contributed by atoms with Crippen LogP contribution in [0, 0.1) is 5.89 Å². The van der Waals surface area contributed by atoms with E-state index in [9.17, 15) is 15.3 Å². The van der Waals surface area contributed by atoms with Gasteiger partial charge >= 0.3 is 0 Å². The minimum Gasteiger partial charge on any atom is -0.505 e. The first-order chi connectivity index (χ1) is 13.2. The van der Waals surface area contributed by atoms with Gasteiger partial charge in [-0.2, -0.15) is 0 Å². The number of phenolic OH excluding ortho intramolecular Hbond substituents is 1. The molecule has 1 fully saturated rings. The third kappa shape index (κ3) is 4.17. The lowest BCUT2D eigenvalue weighted by atomic mass is 9.89. The van der Waals surface area contributed by atoms with Crippen molar-refractivity contribution in [2.24, 2.45) is 5.89 Å². The molecular formula is C20H27NO4. The molecule has 0 bridgehead atoms. The molecule has 0 aromatic heterocycles. The number of ether oxygens (including phenoxy) is 1. The van der Waals surface area contributed by atoms with Crippen LogP contribution in [0.25, 0.3) is 6.08 Å². The Hall–Kier alpha value is -1.98. The molecule has 136 valence electrons. The van der Waals surface area contributed by atoms with E-state index in [-0.39, 0.29) is 23.7 Å². The molecule has 25 heavy (non-hydrogen) atoms. The molecule has 0 aliphatic carbocycles. The number of hydrogen-bond acceptors (Lipinski definition) is 5. The number of phenols is 1. The Kier molecular flexibility index (Phi) is 4.51. The molecule has 0 saturated carbocycles. The van der Waals surface area contributed by atoms with Crippen LogP contribution in [0.15, 0.2) is 30.2 Å². The van der Waals surface area contributed by atoms with Crippen molar-refractivity contribution in [1.29, 1.82) is 0 Å². The van der Waals surface area contributed by atoms with Crippen LogP contribution < -0.4 is 4.74 Å².